The number of amides is 1. The van der Waals surface area contributed by atoms with Crippen LogP contribution >= 0.6 is 11.3 Å². The zero-order chi connectivity index (χ0) is 23.8. The molecule has 0 saturated carbocycles. The van der Waals surface area contributed by atoms with Crippen molar-refractivity contribution in [3.63, 3.8) is 0 Å². The van der Waals surface area contributed by atoms with Gasteiger partial charge < -0.3 is 24.3 Å². The van der Waals surface area contributed by atoms with Crippen LogP contribution in [0.3, 0.4) is 0 Å². The summed E-state index contributed by atoms with van der Waals surface area (Å²) >= 11 is 1.56. The highest BCUT2D eigenvalue weighted by Crippen LogP contribution is 2.34. The Morgan fingerprint density at radius 3 is 2.45 bits per heavy atom. The Labute approximate surface area is 195 Å². The molecule has 0 aliphatic rings. The van der Waals surface area contributed by atoms with Gasteiger partial charge in [0.05, 0.1) is 43.3 Å². The molecule has 172 valence electrons. The highest BCUT2D eigenvalue weighted by Gasteiger charge is 2.18. The minimum Gasteiger partial charge on any atom is -0.493 e. The van der Waals surface area contributed by atoms with E-state index in [-0.39, 0.29) is 11.3 Å². The summed E-state index contributed by atoms with van der Waals surface area (Å²) < 4.78 is 21.2. The number of ether oxygens (including phenoxy) is 4. The van der Waals surface area contributed by atoms with Crippen molar-refractivity contribution in [2.75, 3.05) is 26.6 Å². The molecule has 2 aromatic carbocycles. The third kappa shape index (κ3) is 6.11. The Morgan fingerprint density at radius 2 is 1.79 bits per heavy atom. The van der Waals surface area contributed by atoms with Gasteiger partial charge in [0, 0.05) is 29.2 Å². The van der Waals surface area contributed by atoms with Crippen LogP contribution < -0.4 is 19.5 Å². The first-order valence-corrected chi connectivity index (χ1v) is 10.8. The van der Waals surface area contributed by atoms with E-state index in [2.05, 4.69) is 10.3 Å². The van der Waals surface area contributed by atoms with Crippen LogP contribution in [0.4, 0.5) is 5.69 Å². The van der Waals surface area contributed by atoms with Crippen molar-refractivity contribution in [2.45, 2.75) is 13.5 Å². The number of para-hydroxylation sites is 1. The highest BCUT2D eigenvalue weighted by molar-refractivity contribution is 7.09. The number of anilines is 1. The van der Waals surface area contributed by atoms with E-state index in [1.165, 1.54) is 39.5 Å². The molecule has 0 unspecified atom stereocenters. The molecule has 1 N–H and O–H groups in total. The number of methoxy groups -OCH3 is 3. The SMILES string of the molecule is COC(=O)c1cc(OC)c(OC)cc1NC(=O)/C=C/c1ccccc1OCc1csc(C)n1. The maximum atomic E-state index is 12.6. The lowest BCUT2D eigenvalue weighted by Crippen LogP contribution is -2.13. The second-order valence-corrected chi connectivity index (χ2v) is 7.81. The van der Waals surface area contributed by atoms with Crippen LogP contribution in [0.25, 0.3) is 6.08 Å². The molecule has 0 atom stereocenters. The van der Waals surface area contributed by atoms with E-state index in [1.54, 1.807) is 17.4 Å². The topological polar surface area (TPSA) is 96.0 Å². The molecule has 3 aromatic rings. The number of aryl methyl sites for hydroxylation is 1. The summed E-state index contributed by atoms with van der Waals surface area (Å²) in [5, 5.41) is 5.61. The number of hydrogen-bond donors (Lipinski definition) is 1. The molecule has 3 rings (SSSR count). The van der Waals surface area contributed by atoms with Gasteiger partial charge in [-0.05, 0) is 19.1 Å². The Hall–Kier alpha value is -3.85. The largest absolute Gasteiger partial charge is 0.493 e. The molecule has 1 aromatic heterocycles. The smallest absolute Gasteiger partial charge is 0.340 e. The maximum absolute atomic E-state index is 12.6. The van der Waals surface area contributed by atoms with Crippen molar-refractivity contribution in [2.24, 2.45) is 0 Å². The quantitative estimate of drug-likeness (QED) is 0.365. The van der Waals surface area contributed by atoms with Crippen LogP contribution in [0.2, 0.25) is 0 Å². The summed E-state index contributed by atoms with van der Waals surface area (Å²) in [5.74, 6) is 0.255. The Morgan fingerprint density at radius 1 is 1.06 bits per heavy atom. The maximum Gasteiger partial charge on any atom is 0.340 e. The molecule has 9 heteroatoms. The zero-order valence-corrected chi connectivity index (χ0v) is 19.5. The third-order valence-electron chi connectivity index (χ3n) is 4.56. The Kier molecular flexibility index (Phi) is 8.04. The fourth-order valence-electron chi connectivity index (χ4n) is 2.98. The number of hydrogen-bond acceptors (Lipinski definition) is 8. The first-order valence-electron chi connectivity index (χ1n) is 9.91. The fourth-order valence-corrected chi connectivity index (χ4v) is 3.57. The van der Waals surface area contributed by atoms with Gasteiger partial charge in [-0.1, -0.05) is 18.2 Å². The molecule has 0 spiro atoms. The van der Waals surface area contributed by atoms with Crippen LogP contribution in [0, 0.1) is 6.92 Å². The van der Waals surface area contributed by atoms with Crippen LogP contribution in [0.15, 0.2) is 47.9 Å². The lowest BCUT2D eigenvalue weighted by atomic mass is 10.1. The molecule has 0 saturated heterocycles. The Balaban J connectivity index is 1.77. The Bertz CT molecular complexity index is 1170. The zero-order valence-electron chi connectivity index (χ0n) is 18.7. The molecule has 0 bridgehead atoms. The normalized spacial score (nSPS) is 10.7. The molecule has 1 amide bonds. The van der Waals surface area contributed by atoms with Crippen LogP contribution in [0.5, 0.6) is 17.2 Å². The molecular weight excluding hydrogens is 444 g/mol. The molecule has 0 aliphatic carbocycles. The molecule has 0 radical (unpaired) electrons. The molecule has 1 heterocycles. The number of esters is 1. The molecular formula is C24H24N2O6S. The first kappa shape index (κ1) is 23.8. The highest BCUT2D eigenvalue weighted by atomic mass is 32.1. The molecule has 0 fully saturated rings. The molecule has 33 heavy (non-hydrogen) atoms. The number of carbonyl (C=O) groups is 2. The standard InChI is InChI=1S/C24H24N2O6S/c1-15-25-17(14-33-15)13-32-20-8-6-5-7-16(20)9-10-23(27)26-19-12-22(30-3)21(29-2)11-18(19)24(28)31-4/h5-12,14H,13H2,1-4H3,(H,26,27)/b10-9+. The van der Waals surface area contributed by atoms with E-state index in [0.29, 0.717) is 23.9 Å². The van der Waals surface area contributed by atoms with Gasteiger partial charge in [0.1, 0.15) is 12.4 Å². The summed E-state index contributed by atoms with van der Waals surface area (Å²) in [7, 11) is 4.18. The average Bonchev–Trinajstić information content (AvgIpc) is 3.26. The van der Waals surface area contributed by atoms with Gasteiger partial charge in [0.2, 0.25) is 5.91 Å². The molecule has 0 aliphatic heterocycles. The van der Waals surface area contributed by atoms with E-state index in [9.17, 15) is 9.59 Å². The predicted octanol–water partition coefficient (Wildman–Crippen LogP) is 4.49. The van der Waals surface area contributed by atoms with Crippen molar-refractivity contribution in [3.05, 3.63) is 69.7 Å². The summed E-state index contributed by atoms with van der Waals surface area (Å²) in [4.78, 5) is 29.2. The lowest BCUT2D eigenvalue weighted by Gasteiger charge is -2.14. The van der Waals surface area contributed by atoms with Crippen molar-refractivity contribution in [1.82, 2.24) is 4.98 Å². The molecule has 8 nitrogen and oxygen atoms in total. The summed E-state index contributed by atoms with van der Waals surface area (Å²) in [5.41, 5.74) is 1.94. The summed E-state index contributed by atoms with van der Waals surface area (Å²) in [6, 6.07) is 10.3. The summed E-state index contributed by atoms with van der Waals surface area (Å²) in [6.45, 7) is 2.27. The number of nitrogens with one attached hydrogen (secondary N) is 1. The van der Waals surface area contributed by atoms with Gasteiger partial charge in [-0.3, -0.25) is 4.79 Å². The van der Waals surface area contributed by atoms with E-state index in [0.717, 1.165) is 16.3 Å². The van der Waals surface area contributed by atoms with Gasteiger partial charge in [-0.2, -0.15) is 0 Å². The van der Waals surface area contributed by atoms with Gasteiger partial charge in [-0.15, -0.1) is 11.3 Å². The minimum atomic E-state index is -0.619. The van der Waals surface area contributed by atoms with Crippen molar-refractivity contribution in [1.29, 1.82) is 0 Å². The van der Waals surface area contributed by atoms with Gasteiger partial charge in [0.25, 0.3) is 0 Å². The summed E-state index contributed by atoms with van der Waals surface area (Å²) in [6.07, 6.45) is 2.99. The number of thiazole rings is 1. The number of nitrogens with zero attached hydrogens (tertiary/aromatic N) is 1. The van der Waals surface area contributed by atoms with Crippen molar-refractivity contribution >= 4 is 35.0 Å². The minimum absolute atomic E-state index is 0.138. The lowest BCUT2D eigenvalue weighted by molar-refractivity contribution is -0.111. The van der Waals surface area contributed by atoms with E-state index in [4.69, 9.17) is 18.9 Å². The monoisotopic (exact) mass is 468 g/mol. The van der Waals surface area contributed by atoms with Crippen molar-refractivity contribution < 1.29 is 28.5 Å². The van der Waals surface area contributed by atoms with Gasteiger partial charge in [-0.25, -0.2) is 9.78 Å². The number of benzene rings is 2. The number of aromatic nitrogens is 1. The van der Waals surface area contributed by atoms with Gasteiger partial charge >= 0.3 is 5.97 Å². The van der Waals surface area contributed by atoms with Crippen LogP contribution in [-0.2, 0) is 16.1 Å². The fraction of sp³-hybridized carbons (Fsp3) is 0.208. The average molecular weight is 469 g/mol. The van der Waals surface area contributed by atoms with Gasteiger partial charge in [0.15, 0.2) is 11.5 Å². The first-order chi connectivity index (χ1) is 15.9. The van der Waals surface area contributed by atoms with Crippen molar-refractivity contribution in [3.8, 4) is 17.2 Å². The second kappa shape index (κ2) is 11.1. The predicted molar refractivity (Wildman–Crippen MR) is 126 cm³/mol. The van der Waals surface area contributed by atoms with E-state index < -0.39 is 11.9 Å². The van der Waals surface area contributed by atoms with E-state index >= 15 is 0 Å². The van der Waals surface area contributed by atoms with E-state index in [1.807, 2.05) is 36.6 Å². The van der Waals surface area contributed by atoms with Crippen LogP contribution in [-0.4, -0.2) is 38.2 Å². The van der Waals surface area contributed by atoms with Crippen LogP contribution in [0.1, 0.15) is 26.6 Å². The third-order valence-corrected chi connectivity index (χ3v) is 5.38. The number of rotatable bonds is 9. The number of carbonyl (C=O) groups excluding carboxylic acids is 2. The second-order valence-electron chi connectivity index (χ2n) is 6.75.